The number of furan rings is 1. The fraction of sp³-hybridized carbons (Fsp3) is 0.167. The van der Waals surface area contributed by atoms with E-state index >= 15 is 0 Å². The third-order valence-electron chi connectivity index (χ3n) is 5.18. The Morgan fingerprint density at radius 3 is 2.15 bits per heavy atom. The first-order chi connectivity index (χ1) is 16.0. The van der Waals surface area contributed by atoms with Crippen molar-refractivity contribution in [2.24, 2.45) is 0 Å². The van der Waals surface area contributed by atoms with E-state index < -0.39 is 17.7 Å². The number of amides is 4. The van der Waals surface area contributed by atoms with Crippen LogP contribution in [0.1, 0.15) is 47.2 Å². The Balaban J connectivity index is 1.32. The lowest BCUT2D eigenvalue weighted by Crippen LogP contribution is -2.34. The zero-order valence-electron chi connectivity index (χ0n) is 17.8. The molecule has 168 valence electrons. The molecule has 1 aromatic heterocycles. The molecule has 9 nitrogen and oxygen atoms in total. The Labute approximate surface area is 189 Å². The smallest absolute Gasteiger partial charge is 0.261 e. The number of benzene rings is 2. The van der Waals surface area contributed by atoms with Crippen molar-refractivity contribution >= 4 is 23.6 Å². The molecule has 33 heavy (non-hydrogen) atoms. The molecule has 0 radical (unpaired) electrons. The van der Waals surface area contributed by atoms with Crippen LogP contribution in [0.2, 0.25) is 0 Å². The maximum absolute atomic E-state index is 12.7. The Morgan fingerprint density at radius 1 is 0.879 bits per heavy atom. The van der Waals surface area contributed by atoms with Gasteiger partial charge in [0, 0.05) is 24.2 Å². The summed E-state index contributed by atoms with van der Waals surface area (Å²) in [5.41, 5.74) is 1.14. The number of hydrogen-bond acceptors (Lipinski definition) is 6. The van der Waals surface area contributed by atoms with Crippen LogP contribution in [0.3, 0.4) is 0 Å². The fourth-order valence-corrected chi connectivity index (χ4v) is 3.43. The summed E-state index contributed by atoms with van der Waals surface area (Å²) in [6, 6.07) is 14.4. The molecular weight excluding hydrogens is 426 g/mol. The molecule has 0 atom stereocenters. The van der Waals surface area contributed by atoms with Crippen LogP contribution < -0.4 is 15.4 Å². The highest BCUT2D eigenvalue weighted by Crippen LogP contribution is 2.25. The van der Waals surface area contributed by atoms with E-state index in [4.69, 9.17) is 9.15 Å². The Morgan fingerprint density at radius 2 is 1.52 bits per heavy atom. The van der Waals surface area contributed by atoms with Crippen LogP contribution in [0.25, 0.3) is 0 Å². The molecule has 0 bridgehead atoms. The topological polar surface area (TPSA) is 118 Å². The van der Waals surface area contributed by atoms with Crippen LogP contribution >= 0.6 is 0 Å². The van der Waals surface area contributed by atoms with E-state index in [9.17, 15) is 19.2 Å². The van der Waals surface area contributed by atoms with E-state index in [0.29, 0.717) is 17.1 Å². The van der Waals surface area contributed by atoms with Gasteiger partial charge in [-0.3, -0.25) is 24.1 Å². The van der Waals surface area contributed by atoms with Gasteiger partial charge in [0.15, 0.2) is 0 Å². The molecule has 1 aliphatic rings. The fourth-order valence-electron chi connectivity index (χ4n) is 3.43. The van der Waals surface area contributed by atoms with Gasteiger partial charge in [0.2, 0.25) is 0 Å². The summed E-state index contributed by atoms with van der Waals surface area (Å²) in [7, 11) is 1.55. The van der Waals surface area contributed by atoms with Gasteiger partial charge in [-0.15, -0.1) is 0 Å². The van der Waals surface area contributed by atoms with Gasteiger partial charge in [-0.2, -0.15) is 0 Å². The molecule has 3 aromatic rings. The highest BCUT2D eigenvalue weighted by molar-refractivity contribution is 6.22. The molecule has 0 spiro atoms. The summed E-state index contributed by atoms with van der Waals surface area (Å²) in [5.74, 6) is -0.463. The Bertz CT molecular complexity index is 1200. The van der Waals surface area contributed by atoms with Crippen LogP contribution in [-0.2, 0) is 6.54 Å². The third kappa shape index (κ3) is 4.62. The standard InChI is InChI=1S/C24H21N3O6/c1-32-17-7-4-15(5-8-17)21(28)25-10-11-26-22(29)16-6-9-19-20(13-16)24(31)27(23(19)30)14-18-3-2-12-33-18/h2-9,12-13H,10-11,14H2,1H3,(H,25,28)(H,26,29). The third-order valence-corrected chi connectivity index (χ3v) is 5.18. The molecule has 2 aromatic carbocycles. The van der Waals surface area contributed by atoms with Gasteiger partial charge in [-0.05, 0) is 54.6 Å². The number of carbonyl (C=O) groups is 4. The summed E-state index contributed by atoms with van der Waals surface area (Å²) >= 11 is 0. The predicted molar refractivity (Wildman–Crippen MR) is 117 cm³/mol. The summed E-state index contributed by atoms with van der Waals surface area (Å²) in [4.78, 5) is 51.0. The van der Waals surface area contributed by atoms with Crippen molar-refractivity contribution < 1.29 is 28.3 Å². The molecule has 0 saturated heterocycles. The van der Waals surface area contributed by atoms with E-state index in [1.807, 2.05) is 0 Å². The van der Waals surface area contributed by atoms with E-state index in [1.54, 1.807) is 43.5 Å². The normalized spacial score (nSPS) is 12.5. The highest BCUT2D eigenvalue weighted by atomic mass is 16.5. The summed E-state index contributed by atoms with van der Waals surface area (Å²) in [6.07, 6.45) is 1.47. The second-order valence-corrected chi connectivity index (χ2v) is 7.28. The Kier molecular flexibility index (Phi) is 6.21. The second kappa shape index (κ2) is 9.39. The van der Waals surface area contributed by atoms with Crippen molar-refractivity contribution in [3.8, 4) is 5.75 Å². The van der Waals surface area contributed by atoms with Crippen molar-refractivity contribution in [2.75, 3.05) is 20.2 Å². The zero-order chi connectivity index (χ0) is 23.4. The number of carbonyl (C=O) groups excluding carboxylic acids is 4. The largest absolute Gasteiger partial charge is 0.497 e. The van der Waals surface area contributed by atoms with Crippen molar-refractivity contribution in [1.29, 1.82) is 0 Å². The van der Waals surface area contributed by atoms with Gasteiger partial charge in [0.05, 0.1) is 31.0 Å². The van der Waals surface area contributed by atoms with Crippen molar-refractivity contribution in [3.63, 3.8) is 0 Å². The SMILES string of the molecule is COc1ccc(C(=O)NCCNC(=O)c2ccc3c(c2)C(=O)N(Cc2ccco2)C3=O)cc1. The number of nitrogens with one attached hydrogen (secondary N) is 2. The summed E-state index contributed by atoms with van der Waals surface area (Å²) < 4.78 is 10.3. The van der Waals surface area contributed by atoms with E-state index in [0.717, 1.165) is 4.90 Å². The van der Waals surface area contributed by atoms with Crippen LogP contribution in [0, 0.1) is 0 Å². The zero-order valence-corrected chi connectivity index (χ0v) is 17.8. The summed E-state index contributed by atoms with van der Waals surface area (Å²) in [6.45, 7) is 0.431. The predicted octanol–water partition coefficient (Wildman–Crippen LogP) is 2.24. The van der Waals surface area contributed by atoms with E-state index in [2.05, 4.69) is 10.6 Å². The van der Waals surface area contributed by atoms with E-state index in [1.165, 1.54) is 24.5 Å². The molecule has 1 aliphatic heterocycles. The van der Waals surface area contributed by atoms with Crippen LogP contribution in [0.5, 0.6) is 5.75 Å². The van der Waals surface area contributed by atoms with Crippen LogP contribution in [-0.4, -0.2) is 48.7 Å². The molecule has 9 heteroatoms. The lowest BCUT2D eigenvalue weighted by atomic mass is 10.1. The van der Waals surface area contributed by atoms with Gasteiger partial charge >= 0.3 is 0 Å². The molecule has 0 unspecified atom stereocenters. The quantitative estimate of drug-likeness (QED) is 0.404. The minimum Gasteiger partial charge on any atom is -0.497 e. The first-order valence-electron chi connectivity index (χ1n) is 10.2. The molecule has 0 aliphatic carbocycles. The first-order valence-corrected chi connectivity index (χ1v) is 10.2. The van der Waals surface area contributed by atoms with Crippen molar-refractivity contribution in [2.45, 2.75) is 6.54 Å². The van der Waals surface area contributed by atoms with Gasteiger partial charge in [-0.1, -0.05) is 0 Å². The molecule has 4 rings (SSSR count). The molecular formula is C24H21N3O6. The average molecular weight is 447 g/mol. The number of methoxy groups -OCH3 is 1. The number of ether oxygens (including phenoxy) is 1. The Hall–Kier alpha value is -4.40. The lowest BCUT2D eigenvalue weighted by molar-refractivity contribution is 0.0631. The minimum absolute atomic E-state index is 0.0226. The average Bonchev–Trinajstić information content (AvgIpc) is 3.44. The highest BCUT2D eigenvalue weighted by Gasteiger charge is 2.36. The van der Waals surface area contributed by atoms with Crippen LogP contribution in [0.4, 0.5) is 0 Å². The molecule has 0 fully saturated rings. The monoisotopic (exact) mass is 447 g/mol. The number of hydrogen-bond donors (Lipinski definition) is 2. The van der Waals surface area contributed by atoms with Gasteiger partial charge in [0.1, 0.15) is 11.5 Å². The molecule has 4 amide bonds. The molecule has 2 heterocycles. The van der Waals surface area contributed by atoms with Gasteiger partial charge in [-0.25, -0.2) is 0 Å². The maximum Gasteiger partial charge on any atom is 0.261 e. The van der Waals surface area contributed by atoms with Crippen LogP contribution in [0.15, 0.2) is 65.3 Å². The minimum atomic E-state index is -0.479. The first kappa shape index (κ1) is 21.8. The molecule has 0 saturated carbocycles. The number of nitrogens with zero attached hydrogens (tertiary/aromatic N) is 1. The number of fused-ring (bicyclic) bond motifs is 1. The number of imide groups is 1. The lowest BCUT2D eigenvalue weighted by Gasteiger charge is -2.11. The summed E-state index contributed by atoms with van der Waals surface area (Å²) in [5, 5.41) is 5.41. The number of rotatable bonds is 8. The maximum atomic E-state index is 12.7. The van der Waals surface area contributed by atoms with Crippen molar-refractivity contribution in [3.05, 3.63) is 88.9 Å². The molecule has 2 N–H and O–H groups in total. The van der Waals surface area contributed by atoms with Crippen molar-refractivity contribution in [1.82, 2.24) is 15.5 Å². The second-order valence-electron chi connectivity index (χ2n) is 7.28. The van der Waals surface area contributed by atoms with Gasteiger partial charge < -0.3 is 19.8 Å². The van der Waals surface area contributed by atoms with Gasteiger partial charge in [0.25, 0.3) is 23.6 Å². The van der Waals surface area contributed by atoms with E-state index in [-0.39, 0.29) is 42.2 Å².